The molecule has 1 aliphatic heterocycles. The van der Waals surface area contributed by atoms with Crippen LogP contribution in [-0.4, -0.2) is 55.6 Å². The van der Waals surface area contributed by atoms with Crippen molar-refractivity contribution in [1.29, 1.82) is 0 Å². The molecular weight excluding hydrogens is 448 g/mol. The number of nitrogens with two attached hydrogens (primary N) is 1. The van der Waals surface area contributed by atoms with Gasteiger partial charge in [-0.1, -0.05) is 20.8 Å². The molecule has 10 heteroatoms. The fourth-order valence-electron chi connectivity index (χ4n) is 3.98. The summed E-state index contributed by atoms with van der Waals surface area (Å²) in [4.78, 5) is 28.5. The average molecular weight is 479 g/mol. The van der Waals surface area contributed by atoms with Crippen molar-refractivity contribution in [1.82, 2.24) is 9.21 Å². The van der Waals surface area contributed by atoms with E-state index >= 15 is 0 Å². The van der Waals surface area contributed by atoms with Gasteiger partial charge >= 0.3 is 0 Å². The summed E-state index contributed by atoms with van der Waals surface area (Å²) in [7, 11) is -3.59. The lowest BCUT2D eigenvalue weighted by Gasteiger charge is -2.26. The van der Waals surface area contributed by atoms with E-state index in [1.165, 1.54) is 39.9 Å². The van der Waals surface area contributed by atoms with Crippen molar-refractivity contribution in [3.05, 3.63) is 45.8 Å². The van der Waals surface area contributed by atoms with E-state index in [2.05, 4.69) is 17.1 Å². The summed E-state index contributed by atoms with van der Waals surface area (Å²) in [5.74, 6) is -0.967. The molecule has 0 saturated heterocycles. The minimum atomic E-state index is -3.59. The molecule has 0 aliphatic carbocycles. The van der Waals surface area contributed by atoms with E-state index in [0.717, 1.165) is 42.9 Å². The van der Waals surface area contributed by atoms with E-state index in [1.807, 2.05) is 0 Å². The molecule has 2 amide bonds. The first kappa shape index (κ1) is 24.4. The summed E-state index contributed by atoms with van der Waals surface area (Å²) in [6.07, 6.45) is 1.77. The van der Waals surface area contributed by atoms with Crippen molar-refractivity contribution >= 4 is 38.2 Å². The molecule has 0 saturated carbocycles. The Morgan fingerprint density at radius 2 is 1.81 bits per heavy atom. The Morgan fingerprint density at radius 3 is 2.38 bits per heavy atom. The molecular formula is C22H30N4O4S2. The lowest BCUT2D eigenvalue weighted by Crippen LogP contribution is -2.31. The second kappa shape index (κ2) is 10.1. The number of hydrogen-bond acceptors (Lipinski definition) is 6. The van der Waals surface area contributed by atoms with Gasteiger partial charge in [0.25, 0.3) is 11.8 Å². The first-order valence-corrected chi connectivity index (χ1v) is 13.1. The summed E-state index contributed by atoms with van der Waals surface area (Å²) < 4.78 is 26.6. The largest absolute Gasteiger partial charge is 0.365 e. The lowest BCUT2D eigenvalue weighted by molar-refractivity contribution is 0.1000. The number of amides is 2. The van der Waals surface area contributed by atoms with Crippen LogP contribution in [0.5, 0.6) is 0 Å². The maximum absolute atomic E-state index is 12.8. The zero-order valence-electron chi connectivity index (χ0n) is 18.7. The summed E-state index contributed by atoms with van der Waals surface area (Å²) in [5, 5.41) is 3.27. The van der Waals surface area contributed by atoms with Crippen molar-refractivity contribution in [3.8, 4) is 0 Å². The maximum Gasteiger partial charge on any atom is 0.256 e. The van der Waals surface area contributed by atoms with E-state index in [-0.39, 0.29) is 4.90 Å². The highest BCUT2D eigenvalue weighted by atomic mass is 32.2. The lowest BCUT2D eigenvalue weighted by atomic mass is 10.0. The third-order valence-corrected chi connectivity index (χ3v) is 8.81. The number of nitrogens with zero attached hydrogens (tertiary/aromatic N) is 2. The molecule has 8 nitrogen and oxygen atoms in total. The van der Waals surface area contributed by atoms with E-state index in [1.54, 1.807) is 13.8 Å². The smallest absolute Gasteiger partial charge is 0.256 e. The molecule has 174 valence electrons. The number of rotatable bonds is 9. The Hall–Kier alpha value is -2.27. The summed E-state index contributed by atoms with van der Waals surface area (Å²) in [6.45, 7) is 9.00. The van der Waals surface area contributed by atoms with Gasteiger partial charge in [0.05, 0.1) is 10.5 Å². The Bertz CT molecular complexity index is 1090. The highest BCUT2D eigenvalue weighted by Crippen LogP contribution is 2.37. The number of primary amides is 1. The van der Waals surface area contributed by atoms with Crippen molar-refractivity contribution in [3.63, 3.8) is 0 Å². The van der Waals surface area contributed by atoms with Crippen molar-refractivity contribution in [2.75, 3.05) is 31.5 Å². The minimum Gasteiger partial charge on any atom is -0.365 e. The fraction of sp³-hybridized carbons (Fsp3) is 0.455. The van der Waals surface area contributed by atoms with Gasteiger partial charge in [-0.15, -0.1) is 11.3 Å². The van der Waals surface area contributed by atoms with Gasteiger partial charge in [-0.25, -0.2) is 8.42 Å². The Balaban J connectivity index is 1.83. The Labute approximate surface area is 193 Å². The fourth-order valence-corrected chi connectivity index (χ4v) is 6.73. The van der Waals surface area contributed by atoms with Crippen molar-refractivity contribution in [2.45, 2.75) is 45.1 Å². The molecule has 0 unspecified atom stereocenters. The number of sulfonamides is 1. The average Bonchev–Trinajstić information content (AvgIpc) is 3.12. The van der Waals surface area contributed by atoms with Crippen LogP contribution in [0.15, 0.2) is 29.2 Å². The molecule has 0 radical (unpaired) electrons. The van der Waals surface area contributed by atoms with Gasteiger partial charge in [0, 0.05) is 36.6 Å². The molecule has 2 aromatic rings. The molecule has 0 bridgehead atoms. The van der Waals surface area contributed by atoms with Crippen LogP contribution < -0.4 is 11.1 Å². The molecule has 1 aromatic heterocycles. The van der Waals surface area contributed by atoms with Crippen LogP contribution in [0.4, 0.5) is 5.00 Å². The number of hydrogen-bond donors (Lipinski definition) is 2. The molecule has 3 N–H and O–H groups in total. The number of carbonyl (C=O) groups excluding carboxylic acids is 2. The predicted octanol–water partition coefficient (Wildman–Crippen LogP) is 2.90. The zero-order chi connectivity index (χ0) is 23.5. The van der Waals surface area contributed by atoms with E-state index in [4.69, 9.17) is 5.73 Å². The highest BCUT2D eigenvalue weighted by Gasteiger charge is 2.28. The van der Waals surface area contributed by atoms with Crippen LogP contribution in [0, 0.1) is 0 Å². The van der Waals surface area contributed by atoms with Crippen LogP contribution in [0.25, 0.3) is 0 Å². The van der Waals surface area contributed by atoms with Gasteiger partial charge in [0.2, 0.25) is 10.0 Å². The monoisotopic (exact) mass is 478 g/mol. The van der Waals surface area contributed by atoms with Gasteiger partial charge < -0.3 is 11.1 Å². The molecule has 3 rings (SSSR count). The van der Waals surface area contributed by atoms with Crippen LogP contribution in [-0.2, 0) is 23.0 Å². The number of carbonyl (C=O) groups is 2. The number of fused-ring (bicyclic) bond motifs is 1. The number of benzene rings is 1. The quantitative estimate of drug-likeness (QED) is 0.575. The summed E-state index contributed by atoms with van der Waals surface area (Å²) >= 11 is 1.38. The molecule has 0 fully saturated rings. The second-order valence-electron chi connectivity index (χ2n) is 7.67. The Morgan fingerprint density at radius 1 is 1.16 bits per heavy atom. The van der Waals surface area contributed by atoms with Gasteiger partial charge in [0.1, 0.15) is 5.00 Å². The van der Waals surface area contributed by atoms with Gasteiger partial charge in [-0.05, 0) is 49.2 Å². The molecule has 2 heterocycles. The van der Waals surface area contributed by atoms with Crippen LogP contribution in [0.2, 0.25) is 0 Å². The van der Waals surface area contributed by atoms with Crippen LogP contribution in [0.1, 0.15) is 58.3 Å². The third kappa shape index (κ3) is 4.88. The molecule has 32 heavy (non-hydrogen) atoms. The first-order valence-electron chi connectivity index (χ1n) is 10.8. The van der Waals surface area contributed by atoms with E-state index in [9.17, 15) is 18.0 Å². The maximum atomic E-state index is 12.8. The van der Waals surface area contributed by atoms with Crippen LogP contribution >= 0.6 is 11.3 Å². The van der Waals surface area contributed by atoms with Gasteiger partial charge in [0.15, 0.2) is 0 Å². The van der Waals surface area contributed by atoms with Crippen LogP contribution in [0.3, 0.4) is 0 Å². The SMILES string of the molecule is CCCN1CCc2c(sc(NC(=O)c3ccc(S(=O)(=O)N(CC)CC)cc3)c2C(N)=O)C1. The van der Waals surface area contributed by atoms with Gasteiger partial charge in [-0.3, -0.25) is 14.5 Å². The second-order valence-corrected chi connectivity index (χ2v) is 10.7. The predicted molar refractivity (Wildman–Crippen MR) is 127 cm³/mol. The Kier molecular flexibility index (Phi) is 7.71. The van der Waals surface area contributed by atoms with E-state index in [0.29, 0.717) is 29.2 Å². The molecule has 0 spiro atoms. The van der Waals surface area contributed by atoms with Crippen molar-refractivity contribution < 1.29 is 18.0 Å². The minimum absolute atomic E-state index is 0.137. The number of thiophene rings is 1. The zero-order valence-corrected chi connectivity index (χ0v) is 20.3. The standard InChI is InChI=1S/C22H30N4O4S2/c1-4-12-25-13-11-17-18(14-25)31-22(19(17)20(23)27)24-21(28)15-7-9-16(10-8-15)32(29,30)26(5-2)6-3/h7-10H,4-6,11-14H2,1-3H3,(H2,23,27)(H,24,28). The van der Waals surface area contributed by atoms with E-state index < -0.39 is 21.8 Å². The topological polar surface area (TPSA) is 113 Å². The molecule has 1 aromatic carbocycles. The third-order valence-electron chi connectivity index (χ3n) is 5.61. The number of anilines is 1. The molecule has 0 atom stereocenters. The summed E-state index contributed by atoms with van der Waals surface area (Å²) in [6, 6.07) is 5.82. The normalized spacial score (nSPS) is 14.4. The highest BCUT2D eigenvalue weighted by molar-refractivity contribution is 7.89. The van der Waals surface area contributed by atoms with Crippen molar-refractivity contribution in [2.24, 2.45) is 5.73 Å². The first-order chi connectivity index (χ1) is 15.2. The number of nitrogens with one attached hydrogen (secondary N) is 1. The molecule has 1 aliphatic rings. The summed E-state index contributed by atoms with van der Waals surface area (Å²) in [5.41, 5.74) is 7.25. The van der Waals surface area contributed by atoms with Gasteiger partial charge in [-0.2, -0.15) is 4.31 Å².